The highest BCUT2D eigenvalue weighted by molar-refractivity contribution is 5.85. The molecule has 3 rings (SSSR count). The van der Waals surface area contributed by atoms with E-state index in [-0.39, 0.29) is 5.95 Å². The van der Waals surface area contributed by atoms with Crippen LogP contribution < -0.4 is 11.1 Å². The zero-order valence-electron chi connectivity index (χ0n) is 12.4. The van der Waals surface area contributed by atoms with Crippen LogP contribution in [0.5, 0.6) is 0 Å². The van der Waals surface area contributed by atoms with E-state index in [4.69, 9.17) is 10.2 Å². The smallest absolute Gasteiger partial charge is 0.421 e. The highest BCUT2D eigenvalue weighted by atomic mass is 19.4. The average molecular weight is 340 g/mol. The number of aromatic nitrogens is 2. The average Bonchev–Trinajstić information content (AvgIpc) is 2.91. The molecule has 0 saturated carbocycles. The molecular formula is C15H12F4N4O. The molecule has 3 aromatic rings. The molecule has 0 unspecified atom stereocenters. The van der Waals surface area contributed by atoms with E-state index < -0.39 is 29.4 Å². The lowest BCUT2D eigenvalue weighted by Crippen LogP contribution is -2.14. The molecule has 1 aromatic carbocycles. The number of fused-ring (bicyclic) bond motifs is 1. The molecule has 0 fully saturated rings. The normalized spacial score (nSPS) is 13.2. The van der Waals surface area contributed by atoms with Crippen molar-refractivity contribution < 1.29 is 22.0 Å². The molecule has 0 amide bonds. The highest BCUT2D eigenvalue weighted by Gasteiger charge is 2.34. The lowest BCUT2D eigenvalue weighted by Gasteiger charge is -2.14. The van der Waals surface area contributed by atoms with Gasteiger partial charge in [0.2, 0.25) is 5.95 Å². The minimum Gasteiger partial charge on any atom is -0.466 e. The van der Waals surface area contributed by atoms with Crippen LogP contribution in [-0.2, 0) is 6.18 Å². The molecule has 3 N–H and O–H groups in total. The highest BCUT2D eigenvalue weighted by Crippen LogP contribution is 2.33. The van der Waals surface area contributed by atoms with E-state index >= 15 is 0 Å². The Kier molecular flexibility index (Phi) is 3.78. The monoisotopic (exact) mass is 340 g/mol. The molecule has 0 spiro atoms. The number of nitrogens with one attached hydrogen (secondary N) is 1. The molecule has 2 heterocycles. The maximum absolute atomic E-state index is 13.7. The van der Waals surface area contributed by atoms with E-state index in [1.54, 1.807) is 13.0 Å². The third kappa shape index (κ3) is 2.84. The summed E-state index contributed by atoms with van der Waals surface area (Å²) in [5.74, 6) is -0.784. The molecule has 2 aromatic heterocycles. The van der Waals surface area contributed by atoms with E-state index in [2.05, 4.69) is 15.3 Å². The summed E-state index contributed by atoms with van der Waals surface area (Å²) in [5.41, 5.74) is 4.22. The summed E-state index contributed by atoms with van der Waals surface area (Å²) in [4.78, 5) is 7.22. The summed E-state index contributed by atoms with van der Waals surface area (Å²) in [6.45, 7) is 1.68. The van der Waals surface area contributed by atoms with Crippen LogP contribution in [0.4, 0.5) is 29.3 Å². The van der Waals surface area contributed by atoms with Crippen molar-refractivity contribution in [2.75, 3.05) is 11.1 Å². The van der Waals surface area contributed by atoms with Crippen LogP contribution in [0.3, 0.4) is 0 Å². The van der Waals surface area contributed by atoms with Crippen molar-refractivity contribution in [3.63, 3.8) is 0 Å². The number of benzene rings is 1. The van der Waals surface area contributed by atoms with Crippen molar-refractivity contribution in [2.24, 2.45) is 0 Å². The fraction of sp³-hybridized carbons (Fsp3) is 0.200. The zero-order valence-corrected chi connectivity index (χ0v) is 12.4. The number of hydrogen-bond acceptors (Lipinski definition) is 5. The SMILES string of the molecule is C[C@@H](Nc1ncc(C(F)(F)F)c(N)n1)c1occ2c(F)cccc12. The van der Waals surface area contributed by atoms with Gasteiger partial charge in [-0.15, -0.1) is 0 Å². The van der Waals surface area contributed by atoms with Gasteiger partial charge in [0.15, 0.2) is 0 Å². The summed E-state index contributed by atoms with van der Waals surface area (Å²) in [7, 11) is 0. The predicted molar refractivity (Wildman–Crippen MR) is 79.7 cm³/mol. The summed E-state index contributed by atoms with van der Waals surface area (Å²) < 4.78 is 57.0. The Morgan fingerprint density at radius 3 is 2.67 bits per heavy atom. The molecule has 24 heavy (non-hydrogen) atoms. The van der Waals surface area contributed by atoms with Gasteiger partial charge in [-0.25, -0.2) is 9.37 Å². The summed E-state index contributed by atoms with van der Waals surface area (Å²) in [5, 5.41) is 3.65. The van der Waals surface area contributed by atoms with Gasteiger partial charge >= 0.3 is 6.18 Å². The van der Waals surface area contributed by atoms with Gasteiger partial charge in [-0.2, -0.15) is 18.2 Å². The van der Waals surface area contributed by atoms with Gasteiger partial charge in [-0.05, 0) is 13.0 Å². The van der Waals surface area contributed by atoms with Crippen molar-refractivity contribution in [3.8, 4) is 0 Å². The van der Waals surface area contributed by atoms with E-state index in [9.17, 15) is 17.6 Å². The van der Waals surface area contributed by atoms with Crippen molar-refractivity contribution in [1.82, 2.24) is 9.97 Å². The lowest BCUT2D eigenvalue weighted by atomic mass is 10.1. The summed E-state index contributed by atoms with van der Waals surface area (Å²) in [6, 6.07) is 4.01. The molecule has 0 aliphatic heterocycles. The number of alkyl halides is 3. The first-order valence-corrected chi connectivity index (χ1v) is 6.89. The quantitative estimate of drug-likeness (QED) is 0.701. The Morgan fingerprint density at radius 1 is 1.25 bits per heavy atom. The standard InChI is InChI=1S/C15H12F4N4O/c1-7(12-8-3-2-4-11(16)9(8)6-24-12)22-14-21-5-10(13(20)23-14)15(17,18)19/h2-7H,1H3,(H3,20,21,22,23)/t7-/m1/s1. The van der Waals surface area contributed by atoms with Crippen LogP contribution >= 0.6 is 0 Å². The Bertz CT molecular complexity index is 891. The molecule has 0 aliphatic carbocycles. The van der Waals surface area contributed by atoms with Crippen molar-refractivity contribution in [3.05, 3.63) is 47.8 Å². The molecule has 0 bridgehead atoms. The zero-order chi connectivity index (χ0) is 17.5. The number of rotatable bonds is 3. The summed E-state index contributed by atoms with van der Waals surface area (Å²) >= 11 is 0. The van der Waals surface area contributed by atoms with Gasteiger partial charge < -0.3 is 15.5 Å². The minimum absolute atomic E-state index is 0.0889. The molecule has 9 heteroatoms. The predicted octanol–water partition coefficient (Wildman–Crippen LogP) is 4.14. The molecule has 5 nitrogen and oxygen atoms in total. The second-order valence-electron chi connectivity index (χ2n) is 5.16. The number of hydrogen-bond donors (Lipinski definition) is 2. The first kappa shape index (κ1) is 16.0. The van der Waals surface area contributed by atoms with Gasteiger partial charge in [0, 0.05) is 11.6 Å². The van der Waals surface area contributed by atoms with Gasteiger partial charge in [0.25, 0.3) is 0 Å². The number of nitrogens with two attached hydrogens (primary N) is 1. The number of anilines is 2. The minimum atomic E-state index is -4.62. The van der Waals surface area contributed by atoms with Crippen LogP contribution in [-0.4, -0.2) is 9.97 Å². The Morgan fingerprint density at radius 2 is 2.00 bits per heavy atom. The Balaban J connectivity index is 1.88. The van der Waals surface area contributed by atoms with Crippen molar-refractivity contribution >= 4 is 22.5 Å². The van der Waals surface area contributed by atoms with Gasteiger partial charge in [0.1, 0.15) is 29.2 Å². The molecule has 0 saturated heterocycles. The molecule has 1 atom stereocenters. The first-order chi connectivity index (χ1) is 11.3. The largest absolute Gasteiger partial charge is 0.466 e. The molecule has 0 aliphatic rings. The number of nitrogen functional groups attached to an aromatic ring is 1. The molecular weight excluding hydrogens is 328 g/mol. The number of furan rings is 1. The van der Waals surface area contributed by atoms with E-state index in [1.807, 2.05) is 0 Å². The second kappa shape index (κ2) is 5.66. The van der Waals surface area contributed by atoms with Crippen LogP contribution in [0, 0.1) is 5.82 Å². The topological polar surface area (TPSA) is 77.0 Å². The fourth-order valence-electron chi connectivity index (χ4n) is 2.34. The van der Waals surface area contributed by atoms with Crippen molar-refractivity contribution in [1.29, 1.82) is 0 Å². The van der Waals surface area contributed by atoms with Gasteiger partial charge in [-0.3, -0.25) is 0 Å². The van der Waals surface area contributed by atoms with Crippen molar-refractivity contribution in [2.45, 2.75) is 19.1 Å². The maximum atomic E-state index is 13.7. The van der Waals surface area contributed by atoms with Gasteiger partial charge in [-0.1, -0.05) is 12.1 Å². The van der Waals surface area contributed by atoms with E-state index in [0.717, 1.165) is 0 Å². The second-order valence-corrected chi connectivity index (χ2v) is 5.16. The van der Waals surface area contributed by atoms with E-state index in [0.29, 0.717) is 22.7 Å². The maximum Gasteiger partial charge on any atom is 0.421 e. The Hall–Kier alpha value is -2.84. The summed E-state index contributed by atoms with van der Waals surface area (Å²) in [6.07, 6.45) is -2.74. The van der Waals surface area contributed by atoms with Crippen LogP contribution in [0.1, 0.15) is 24.3 Å². The number of halogens is 4. The van der Waals surface area contributed by atoms with Gasteiger partial charge in [0.05, 0.1) is 11.4 Å². The lowest BCUT2D eigenvalue weighted by molar-refractivity contribution is -0.137. The first-order valence-electron chi connectivity index (χ1n) is 6.89. The molecule has 0 radical (unpaired) electrons. The van der Waals surface area contributed by atoms with Crippen LogP contribution in [0.25, 0.3) is 10.8 Å². The molecule has 126 valence electrons. The van der Waals surface area contributed by atoms with E-state index in [1.165, 1.54) is 18.4 Å². The Labute approximate surface area is 133 Å². The third-order valence-electron chi connectivity index (χ3n) is 3.48. The third-order valence-corrected chi connectivity index (χ3v) is 3.48. The van der Waals surface area contributed by atoms with Crippen LogP contribution in [0.2, 0.25) is 0 Å². The fourth-order valence-corrected chi connectivity index (χ4v) is 2.34. The van der Waals surface area contributed by atoms with Crippen LogP contribution in [0.15, 0.2) is 35.1 Å². The number of nitrogens with zero attached hydrogens (tertiary/aromatic N) is 2.